The van der Waals surface area contributed by atoms with E-state index in [0.29, 0.717) is 45.1 Å². The molecule has 3 heterocycles. The first kappa shape index (κ1) is 29.7. The zero-order valence-electron chi connectivity index (χ0n) is 23.8. The third-order valence-corrected chi connectivity index (χ3v) is 8.45. The molecule has 2 fully saturated rings. The van der Waals surface area contributed by atoms with E-state index in [1.165, 1.54) is 31.3 Å². The van der Waals surface area contributed by atoms with E-state index >= 15 is 4.39 Å². The van der Waals surface area contributed by atoms with Gasteiger partial charge in [-0.2, -0.15) is 0 Å². The molecular weight excluding hydrogens is 570 g/mol. The predicted octanol–water partition coefficient (Wildman–Crippen LogP) is 3.34. The fourth-order valence-electron chi connectivity index (χ4n) is 5.25. The van der Waals surface area contributed by atoms with Crippen molar-refractivity contribution >= 4 is 40.5 Å². The average Bonchev–Trinajstić information content (AvgIpc) is 3.47. The highest BCUT2D eigenvalue weighted by atomic mass is 35.5. The molecule has 2 aliphatic heterocycles. The van der Waals surface area contributed by atoms with Gasteiger partial charge in [0, 0.05) is 49.9 Å². The second kappa shape index (κ2) is 11.8. The van der Waals surface area contributed by atoms with Gasteiger partial charge in [-0.15, -0.1) is 5.10 Å². The minimum absolute atomic E-state index is 0.0239. The van der Waals surface area contributed by atoms with Crippen LogP contribution in [0.4, 0.5) is 25.8 Å². The minimum Gasteiger partial charge on any atom is -0.396 e. The molecule has 0 bridgehead atoms. The molecule has 3 aromatic rings. The Morgan fingerprint density at radius 2 is 1.76 bits per heavy atom. The van der Waals surface area contributed by atoms with Crippen LogP contribution >= 0.6 is 11.6 Å². The first-order chi connectivity index (χ1) is 20.0. The Labute approximate surface area is 247 Å². The van der Waals surface area contributed by atoms with Crippen LogP contribution < -0.4 is 16.0 Å². The van der Waals surface area contributed by atoms with Crippen LogP contribution in [0.3, 0.4) is 0 Å². The number of hydrogen-bond acceptors (Lipinski definition) is 8. The van der Waals surface area contributed by atoms with Gasteiger partial charge >= 0.3 is 0 Å². The Morgan fingerprint density at radius 3 is 2.43 bits per heavy atom. The van der Waals surface area contributed by atoms with Crippen molar-refractivity contribution in [2.24, 2.45) is 0 Å². The van der Waals surface area contributed by atoms with Crippen LogP contribution in [0.5, 0.6) is 0 Å². The van der Waals surface area contributed by atoms with Crippen LogP contribution in [0.1, 0.15) is 40.3 Å². The number of piperazine rings is 1. The van der Waals surface area contributed by atoms with Crippen molar-refractivity contribution in [3.05, 3.63) is 57.9 Å². The lowest BCUT2D eigenvalue weighted by atomic mass is 10.1. The fraction of sp³-hybridized carbons (Fsp3) is 0.429. The van der Waals surface area contributed by atoms with Crippen LogP contribution in [-0.2, 0) is 4.74 Å². The number of likely N-dealkylation sites (N-methyl/N-ethyl adjacent to an activating group) is 1. The summed E-state index contributed by atoms with van der Waals surface area (Å²) in [5.41, 5.74) is 6.33. The smallest absolute Gasteiger partial charge is 0.276 e. The van der Waals surface area contributed by atoms with E-state index in [4.69, 9.17) is 22.1 Å². The molecule has 3 N–H and O–H groups in total. The lowest BCUT2D eigenvalue weighted by Gasteiger charge is -2.44. The van der Waals surface area contributed by atoms with Gasteiger partial charge in [-0.3, -0.25) is 14.5 Å². The van der Waals surface area contributed by atoms with E-state index in [1.807, 2.05) is 11.9 Å². The number of anilines is 3. The molecule has 2 aliphatic rings. The summed E-state index contributed by atoms with van der Waals surface area (Å²) in [7, 11) is 2.03. The van der Waals surface area contributed by atoms with Gasteiger partial charge in [0.15, 0.2) is 17.3 Å². The second-order valence-corrected chi connectivity index (χ2v) is 11.1. The molecule has 0 saturated carbocycles. The molecule has 2 saturated heterocycles. The number of hydrogen-bond donors (Lipinski definition) is 2. The fourth-order valence-corrected chi connectivity index (χ4v) is 5.47. The number of halogens is 3. The van der Waals surface area contributed by atoms with Crippen LogP contribution in [0.25, 0.3) is 5.69 Å². The molecule has 224 valence electrons. The minimum atomic E-state index is -0.699. The van der Waals surface area contributed by atoms with Gasteiger partial charge < -0.3 is 25.6 Å². The number of aromatic nitrogens is 3. The normalized spacial score (nSPS) is 19.7. The maximum absolute atomic E-state index is 15.8. The van der Waals surface area contributed by atoms with Gasteiger partial charge in [0.05, 0.1) is 47.1 Å². The molecule has 2 atom stereocenters. The van der Waals surface area contributed by atoms with Gasteiger partial charge in [0.1, 0.15) is 5.69 Å². The third kappa shape index (κ3) is 5.63. The van der Waals surface area contributed by atoms with Gasteiger partial charge in [-0.05, 0) is 40.0 Å². The number of rotatable bonds is 5. The van der Waals surface area contributed by atoms with Crippen molar-refractivity contribution in [3.8, 4) is 5.69 Å². The summed E-state index contributed by atoms with van der Waals surface area (Å²) in [5, 5.41) is 10.7. The number of carbonyl (C=O) groups excluding carboxylic acids is 2. The summed E-state index contributed by atoms with van der Waals surface area (Å²) in [6.07, 6.45) is 1.35. The Balaban J connectivity index is 1.54. The van der Waals surface area contributed by atoms with Crippen molar-refractivity contribution in [1.82, 2.24) is 24.8 Å². The monoisotopic (exact) mass is 602 g/mol. The molecule has 2 amide bonds. The molecular formula is C28H33ClF2N8O3. The molecule has 2 aromatic carbocycles. The molecule has 0 unspecified atom stereocenters. The number of nitrogen functional groups attached to an aromatic ring is 1. The molecule has 5 rings (SSSR count). The summed E-state index contributed by atoms with van der Waals surface area (Å²) >= 11 is 6.32. The van der Waals surface area contributed by atoms with Crippen molar-refractivity contribution in [1.29, 1.82) is 0 Å². The first-order valence-corrected chi connectivity index (χ1v) is 14.0. The van der Waals surface area contributed by atoms with Gasteiger partial charge in [-0.1, -0.05) is 16.8 Å². The molecule has 0 aliphatic carbocycles. The second-order valence-electron chi connectivity index (χ2n) is 10.8. The highest BCUT2D eigenvalue weighted by molar-refractivity contribution is 6.35. The molecule has 42 heavy (non-hydrogen) atoms. The van der Waals surface area contributed by atoms with E-state index in [9.17, 15) is 14.0 Å². The molecule has 1 aromatic heterocycles. The topological polar surface area (TPSA) is 122 Å². The number of nitrogens with two attached hydrogens (primary N) is 1. The summed E-state index contributed by atoms with van der Waals surface area (Å²) in [4.78, 5) is 32.2. The standard InChI is InChI=1S/C28H33ClF2N8O3/c1-15-12-38(13-16(2)36(15)4)24-10-19(30)23(39-14-22(34-35-39)28(41)37-5-7-42-8-6-37)11-21(24)33-27(40)18-9-20(32)26(31)17(3)25(18)29/h9-11,14-16H,5-8,12-13,32H2,1-4H3,(H,33,40)/t15-,16+. The lowest BCUT2D eigenvalue weighted by molar-refractivity contribution is 0.0299. The molecule has 0 spiro atoms. The lowest BCUT2D eigenvalue weighted by Crippen LogP contribution is -2.55. The Kier molecular flexibility index (Phi) is 8.35. The Bertz CT molecular complexity index is 1520. The summed E-state index contributed by atoms with van der Waals surface area (Å²) in [5.74, 6) is -2.31. The SMILES string of the molecule is Cc1c(F)c(N)cc(C(=O)Nc2cc(-n3cc(C(=O)N4CCOCC4)nn3)c(F)cc2N2C[C@@H](C)N(C)[C@@H](C)C2)c1Cl. The van der Waals surface area contributed by atoms with Crippen molar-refractivity contribution in [3.63, 3.8) is 0 Å². The number of morpholine rings is 1. The van der Waals surface area contributed by atoms with E-state index in [-0.39, 0.29) is 56.9 Å². The number of nitrogens with one attached hydrogen (secondary N) is 1. The quantitative estimate of drug-likeness (QED) is 0.427. The Hall–Kier alpha value is -3.81. The zero-order valence-corrected chi connectivity index (χ0v) is 24.6. The molecule has 14 heteroatoms. The maximum atomic E-state index is 15.8. The van der Waals surface area contributed by atoms with E-state index in [1.54, 1.807) is 4.90 Å². The summed E-state index contributed by atoms with van der Waals surface area (Å²) < 4.78 is 36.5. The summed E-state index contributed by atoms with van der Waals surface area (Å²) in [6.45, 7) is 8.40. The van der Waals surface area contributed by atoms with Gasteiger partial charge in [-0.25, -0.2) is 13.5 Å². The molecule has 11 nitrogen and oxygen atoms in total. The number of ether oxygens (including phenoxy) is 1. The zero-order chi connectivity index (χ0) is 30.3. The van der Waals surface area contributed by atoms with E-state index in [0.717, 1.165) is 4.68 Å². The van der Waals surface area contributed by atoms with Crippen LogP contribution in [0.15, 0.2) is 24.4 Å². The van der Waals surface area contributed by atoms with E-state index in [2.05, 4.69) is 34.4 Å². The number of carbonyl (C=O) groups is 2. The Morgan fingerprint density at radius 1 is 1.10 bits per heavy atom. The molecule has 0 radical (unpaired) electrons. The van der Waals surface area contributed by atoms with Crippen molar-refractivity contribution in [2.45, 2.75) is 32.9 Å². The third-order valence-electron chi connectivity index (χ3n) is 7.96. The van der Waals surface area contributed by atoms with Gasteiger partial charge in [0.25, 0.3) is 11.8 Å². The van der Waals surface area contributed by atoms with Gasteiger partial charge in [0.2, 0.25) is 0 Å². The number of nitrogens with zero attached hydrogens (tertiary/aromatic N) is 6. The average molecular weight is 603 g/mol. The largest absolute Gasteiger partial charge is 0.396 e. The first-order valence-electron chi connectivity index (χ1n) is 13.6. The highest BCUT2D eigenvalue weighted by Gasteiger charge is 2.30. The predicted molar refractivity (Wildman–Crippen MR) is 155 cm³/mol. The number of benzene rings is 2. The van der Waals surface area contributed by atoms with Crippen molar-refractivity contribution in [2.75, 3.05) is 62.4 Å². The van der Waals surface area contributed by atoms with E-state index < -0.39 is 17.5 Å². The number of amides is 2. The van der Waals surface area contributed by atoms with Crippen LogP contribution in [0, 0.1) is 18.6 Å². The van der Waals surface area contributed by atoms with Crippen LogP contribution in [-0.4, -0.2) is 95.1 Å². The highest BCUT2D eigenvalue weighted by Crippen LogP contribution is 2.35. The van der Waals surface area contributed by atoms with Crippen molar-refractivity contribution < 1.29 is 23.1 Å². The maximum Gasteiger partial charge on any atom is 0.276 e. The van der Waals surface area contributed by atoms with Crippen LogP contribution in [0.2, 0.25) is 5.02 Å². The summed E-state index contributed by atoms with van der Waals surface area (Å²) in [6, 6.07) is 4.23.